The van der Waals surface area contributed by atoms with Gasteiger partial charge in [0.2, 0.25) is 16.9 Å². The lowest BCUT2D eigenvalue weighted by atomic mass is 10.2. The fourth-order valence-electron chi connectivity index (χ4n) is 3.61. The molecule has 0 atom stereocenters. The molecule has 0 saturated carbocycles. The van der Waals surface area contributed by atoms with Gasteiger partial charge in [-0.1, -0.05) is 30.3 Å². The zero-order chi connectivity index (χ0) is 22.3. The molecule has 0 N–H and O–H groups in total. The molecular formula is C24H26N2O6. The van der Waals surface area contributed by atoms with E-state index in [-0.39, 0.29) is 23.5 Å². The summed E-state index contributed by atoms with van der Waals surface area (Å²) in [7, 11) is 1.28. The highest BCUT2D eigenvalue weighted by Gasteiger charge is 2.18. The van der Waals surface area contributed by atoms with Crippen molar-refractivity contribution in [3.05, 3.63) is 87.9 Å². The summed E-state index contributed by atoms with van der Waals surface area (Å²) in [6.07, 6.45) is 1.33. The maximum atomic E-state index is 12.4. The first-order valence-electron chi connectivity index (χ1n) is 10.5. The van der Waals surface area contributed by atoms with Crippen LogP contribution in [0, 0.1) is 0 Å². The first-order valence-corrected chi connectivity index (χ1v) is 10.5. The molecule has 8 heteroatoms. The van der Waals surface area contributed by atoms with Gasteiger partial charge in [0.05, 0.1) is 13.7 Å². The summed E-state index contributed by atoms with van der Waals surface area (Å²) in [5.41, 5.74) is 1.06. The molecule has 1 saturated heterocycles. The van der Waals surface area contributed by atoms with Gasteiger partial charge in [-0.25, -0.2) is 4.79 Å². The molecule has 4 rings (SSSR count). The van der Waals surface area contributed by atoms with Crippen molar-refractivity contribution in [2.24, 2.45) is 0 Å². The molecule has 0 bridgehead atoms. The molecule has 0 aliphatic carbocycles. The zero-order valence-corrected chi connectivity index (χ0v) is 18.0. The van der Waals surface area contributed by atoms with E-state index in [9.17, 15) is 9.59 Å². The SMILES string of the molecule is COC(=O)c1ccc(COc2coc(CN3CCN(Cc4ccccc4)CC3)cc2=O)o1. The summed E-state index contributed by atoms with van der Waals surface area (Å²) < 4.78 is 21.0. The van der Waals surface area contributed by atoms with Crippen LogP contribution in [0.25, 0.3) is 0 Å². The minimum Gasteiger partial charge on any atom is -0.479 e. The first kappa shape index (κ1) is 21.9. The Morgan fingerprint density at radius 3 is 2.38 bits per heavy atom. The van der Waals surface area contributed by atoms with E-state index >= 15 is 0 Å². The third kappa shape index (κ3) is 5.66. The third-order valence-corrected chi connectivity index (χ3v) is 5.36. The molecule has 168 valence electrons. The summed E-state index contributed by atoms with van der Waals surface area (Å²) in [5.74, 6) is 0.614. The molecule has 0 radical (unpaired) electrons. The summed E-state index contributed by atoms with van der Waals surface area (Å²) in [4.78, 5) is 28.5. The van der Waals surface area contributed by atoms with Crippen molar-refractivity contribution in [3.63, 3.8) is 0 Å². The molecule has 1 aromatic carbocycles. The number of hydrogen-bond acceptors (Lipinski definition) is 8. The predicted octanol–water partition coefficient (Wildman–Crippen LogP) is 2.92. The van der Waals surface area contributed by atoms with E-state index in [1.807, 2.05) is 6.07 Å². The number of furan rings is 1. The number of ether oxygens (including phenoxy) is 2. The molecule has 3 aromatic rings. The van der Waals surface area contributed by atoms with Crippen LogP contribution in [0.5, 0.6) is 5.75 Å². The van der Waals surface area contributed by atoms with Gasteiger partial charge < -0.3 is 18.3 Å². The van der Waals surface area contributed by atoms with E-state index < -0.39 is 5.97 Å². The average molecular weight is 438 g/mol. The van der Waals surface area contributed by atoms with Crippen LogP contribution in [0.1, 0.15) is 27.6 Å². The number of benzene rings is 1. The Bertz CT molecular complexity index is 1080. The molecule has 0 spiro atoms. The molecule has 1 aliphatic rings. The number of nitrogens with zero attached hydrogens (tertiary/aromatic N) is 2. The summed E-state index contributed by atoms with van der Waals surface area (Å²) >= 11 is 0. The molecular weight excluding hydrogens is 412 g/mol. The van der Waals surface area contributed by atoms with Gasteiger partial charge in [0.15, 0.2) is 0 Å². The topological polar surface area (TPSA) is 85.4 Å². The molecule has 1 aliphatic heterocycles. The van der Waals surface area contributed by atoms with Crippen molar-refractivity contribution in [1.82, 2.24) is 9.80 Å². The van der Waals surface area contributed by atoms with Gasteiger partial charge in [0.1, 0.15) is 24.4 Å². The minimum atomic E-state index is -0.569. The Labute approximate surface area is 185 Å². The third-order valence-electron chi connectivity index (χ3n) is 5.36. The maximum absolute atomic E-state index is 12.4. The van der Waals surface area contributed by atoms with Crippen LogP contribution in [0.4, 0.5) is 0 Å². The zero-order valence-electron chi connectivity index (χ0n) is 18.0. The Morgan fingerprint density at radius 1 is 0.969 bits per heavy atom. The Balaban J connectivity index is 1.26. The van der Waals surface area contributed by atoms with E-state index in [0.29, 0.717) is 18.1 Å². The molecule has 1 fully saturated rings. The van der Waals surface area contributed by atoms with Crippen molar-refractivity contribution >= 4 is 5.97 Å². The fraction of sp³-hybridized carbons (Fsp3) is 0.333. The highest BCUT2D eigenvalue weighted by atomic mass is 16.5. The number of methoxy groups -OCH3 is 1. The number of rotatable bonds is 8. The van der Waals surface area contributed by atoms with E-state index in [1.165, 1.54) is 31.1 Å². The van der Waals surface area contributed by atoms with Gasteiger partial charge in [-0.15, -0.1) is 0 Å². The number of hydrogen-bond donors (Lipinski definition) is 0. The van der Waals surface area contributed by atoms with Crippen LogP contribution in [0.15, 0.2) is 68.4 Å². The van der Waals surface area contributed by atoms with E-state index in [4.69, 9.17) is 13.6 Å². The number of carbonyl (C=O) groups is 1. The molecule has 2 aromatic heterocycles. The highest BCUT2D eigenvalue weighted by molar-refractivity contribution is 5.86. The quantitative estimate of drug-likeness (QED) is 0.497. The normalized spacial score (nSPS) is 14.9. The fourth-order valence-corrected chi connectivity index (χ4v) is 3.61. The Hall–Kier alpha value is -3.36. The lowest BCUT2D eigenvalue weighted by Crippen LogP contribution is -2.45. The van der Waals surface area contributed by atoms with Crippen LogP contribution < -0.4 is 10.2 Å². The van der Waals surface area contributed by atoms with Crippen LogP contribution >= 0.6 is 0 Å². The maximum Gasteiger partial charge on any atom is 0.373 e. The van der Waals surface area contributed by atoms with Crippen LogP contribution in [0.3, 0.4) is 0 Å². The Morgan fingerprint density at radius 2 is 1.69 bits per heavy atom. The van der Waals surface area contributed by atoms with Crippen molar-refractivity contribution in [2.45, 2.75) is 19.7 Å². The standard InChI is InChI=1S/C24H26N2O6/c1-29-24(28)22-8-7-19(32-22)16-31-23-17-30-20(13-21(23)27)15-26-11-9-25(10-12-26)14-18-5-3-2-4-6-18/h2-8,13,17H,9-12,14-16H2,1H3. The van der Waals surface area contributed by atoms with Crippen LogP contribution in [-0.2, 0) is 24.4 Å². The summed E-state index contributed by atoms with van der Waals surface area (Å²) in [6, 6.07) is 15.0. The second-order valence-electron chi connectivity index (χ2n) is 7.66. The number of esters is 1. The monoisotopic (exact) mass is 438 g/mol. The molecule has 8 nitrogen and oxygen atoms in total. The van der Waals surface area contributed by atoms with Gasteiger partial charge in [0.25, 0.3) is 0 Å². The van der Waals surface area contributed by atoms with Gasteiger partial charge in [-0.05, 0) is 17.7 Å². The van der Waals surface area contributed by atoms with Gasteiger partial charge in [0, 0.05) is 38.8 Å². The smallest absolute Gasteiger partial charge is 0.373 e. The number of carbonyl (C=O) groups excluding carboxylic acids is 1. The molecule has 3 heterocycles. The predicted molar refractivity (Wildman–Crippen MR) is 116 cm³/mol. The Kier molecular flexibility index (Phi) is 7.03. The highest BCUT2D eigenvalue weighted by Crippen LogP contribution is 2.15. The van der Waals surface area contributed by atoms with Gasteiger partial charge >= 0.3 is 5.97 Å². The second-order valence-corrected chi connectivity index (χ2v) is 7.66. The lowest BCUT2D eigenvalue weighted by molar-refractivity contribution is 0.0561. The van der Waals surface area contributed by atoms with Crippen molar-refractivity contribution in [3.8, 4) is 5.75 Å². The minimum absolute atomic E-state index is 0.00444. The number of piperazine rings is 1. The van der Waals surface area contributed by atoms with Crippen LogP contribution in [-0.4, -0.2) is 49.1 Å². The first-order chi connectivity index (χ1) is 15.6. The van der Waals surface area contributed by atoms with E-state index in [1.54, 1.807) is 6.07 Å². The van der Waals surface area contributed by atoms with Crippen LogP contribution in [0.2, 0.25) is 0 Å². The van der Waals surface area contributed by atoms with E-state index in [2.05, 4.69) is 38.8 Å². The molecule has 32 heavy (non-hydrogen) atoms. The second kappa shape index (κ2) is 10.3. The average Bonchev–Trinajstić information content (AvgIpc) is 3.29. The van der Waals surface area contributed by atoms with Crippen molar-refractivity contribution in [2.75, 3.05) is 33.3 Å². The summed E-state index contributed by atoms with van der Waals surface area (Å²) in [5, 5.41) is 0. The van der Waals surface area contributed by atoms with E-state index in [0.717, 1.165) is 32.7 Å². The van der Waals surface area contributed by atoms with Crippen molar-refractivity contribution in [1.29, 1.82) is 0 Å². The summed E-state index contributed by atoms with van der Waals surface area (Å²) in [6.45, 7) is 5.30. The van der Waals surface area contributed by atoms with Gasteiger partial charge in [-0.2, -0.15) is 0 Å². The molecule has 0 amide bonds. The largest absolute Gasteiger partial charge is 0.479 e. The van der Waals surface area contributed by atoms with Gasteiger partial charge in [-0.3, -0.25) is 14.6 Å². The van der Waals surface area contributed by atoms with Crippen molar-refractivity contribution < 1.29 is 23.1 Å². The molecule has 0 unspecified atom stereocenters. The lowest BCUT2D eigenvalue weighted by Gasteiger charge is -2.34.